The van der Waals surface area contributed by atoms with Crippen LogP contribution in [0, 0.1) is 0 Å². The lowest BCUT2D eigenvalue weighted by molar-refractivity contribution is 0.101. The highest BCUT2D eigenvalue weighted by Crippen LogP contribution is 2.14. The molecule has 0 aromatic heterocycles. The molecule has 0 aromatic rings. The SMILES string of the molecule is CCCCCCCCCCCCC(O)CN(CCCN)CCCCCCCCCCCC. The van der Waals surface area contributed by atoms with Gasteiger partial charge in [-0.2, -0.15) is 0 Å². The van der Waals surface area contributed by atoms with E-state index in [1.54, 1.807) is 0 Å². The summed E-state index contributed by atoms with van der Waals surface area (Å²) in [7, 11) is 0. The van der Waals surface area contributed by atoms with Gasteiger partial charge in [-0.05, 0) is 38.9 Å². The Morgan fingerprint density at radius 3 is 1.34 bits per heavy atom. The molecule has 0 aliphatic rings. The first-order chi connectivity index (χ1) is 15.7. The van der Waals surface area contributed by atoms with E-state index in [4.69, 9.17) is 5.73 Å². The molecule has 0 saturated heterocycles. The van der Waals surface area contributed by atoms with Crippen molar-refractivity contribution in [3.63, 3.8) is 0 Å². The quantitative estimate of drug-likeness (QED) is 0.123. The molecule has 0 spiro atoms. The molecule has 0 rings (SSSR count). The monoisotopic (exact) mass is 454 g/mol. The van der Waals surface area contributed by atoms with Crippen LogP contribution in [0.1, 0.15) is 155 Å². The van der Waals surface area contributed by atoms with Crippen molar-refractivity contribution in [3.05, 3.63) is 0 Å². The summed E-state index contributed by atoms with van der Waals surface area (Å²) in [6, 6.07) is 0. The smallest absolute Gasteiger partial charge is 0.0667 e. The summed E-state index contributed by atoms with van der Waals surface area (Å²) in [5.74, 6) is 0. The summed E-state index contributed by atoms with van der Waals surface area (Å²) in [6.07, 6.45) is 29.3. The zero-order valence-electron chi connectivity index (χ0n) is 22.4. The first kappa shape index (κ1) is 31.9. The van der Waals surface area contributed by atoms with E-state index < -0.39 is 0 Å². The Balaban J connectivity index is 3.67. The van der Waals surface area contributed by atoms with Gasteiger partial charge in [-0.25, -0.2) is 0 Å². The van der Waals surface area contributed by atoms with Gasteiger partial charge in [-0.1, -0.05) is 136 Å². The van der Waals surface area contributed by atoms with Gasteiger partial charge in [-0.15, -0.1) is 0 Å². The van der Waals surface area contributed by atoms with Crippen molar-refractivity contribution in [1.29, 1.82) is 0 Å². The van der Waals surface area contributed by atoms with Gasteiger partial charge >= 0.3 is 0 Å². The van der Waals surface area contributed by atoms with Crippen molar-refractivity contribution >= 4 is 0 Å². The minimum atomic E-state index is -0.162. The van der Waals surface area contributed by atoms with Crippen molar-refractivity contribution in [2.24, 2.45) is 5.73 Å². The second kappa shape index (κ2) is 27.1. The summed E-state index contributed by atoms with van der Waals surface area (Å²) in [5, 5.41) is 10.5. The first-order valence-corrected chi connectivity index (χ1v) is 14.8. The van der Waals surface area contributed by atoms with Crippen LogP contribution in [-0.2, 0) is 0 Å². The molecule has 0 bridgehead atoms. The van der Waals surface area contributed by atoms with Crippen LogP contribution in [0.4, 0.5) is 0 Å². The fourth-order valence-electron chi connectivity index (χ4n) is 4.69. The predicted molar refractivity (Wildman–Crippen MR) is 144 cm³/mol. The molecule has 3 heteroatoms. The maximum Gasteiger partial charge on any atom is 0.0667 e. The molecule has 1 unspecified atom stereocenters. The van der Waals surface area contributed by atoms with E-state index in [1.807, 2.05) is 0 Å². The van der Waals surface area contributed by atoms with E-state index in [1.165, 1.54) is 128 Å². The zero-order valence-corrected chi connectivity index (χ0v) is 22.4. The molecular formula is C29H62N2O. The number of rotatable bonds is 27. The standard InChI is InChI=1S/C29H62N2O/c1-3-5-7-9-11-13-15-17-19-21-24-29(32)28-31(27-23-25-30)26-22-20-18-16-14-12-10-8-6-4-2/h29,32H,3-28,30H2,1-2H3. The van der Waals surface area contributed by atoms with Crippen LogP contribution >= 0.6 is 0 Å². The van der Waals surface area contributed by atoms with Crippen molar-refractivity contribution in [3.8, 4) is 0 Å². The van der Waals surface area contributed by atoms with Crippen LogP contribution in [0.5, 0.6) is 0 Å². The van der Waals surface area contributed by atoms with Crippen LogP contribution in [0.3, 0.4) is 0 Å². The molecular weight excluding hydrogens is 392 g/mol. The number of nitrogens with zero attached hydrogens (tertiary/aromatic N) is 1. The number of aliphatic hydroxyl groups excluding tert-OH is 1. The molecule has 3 N–H and O–H groups in total. The van der Waals surface area contributed by atoms with Crippen molar-refractivity contribution in [2.75, 3.05) is 26.2 Å². The van der Waals surface area contributed by atoms with Crippen molar-refractivity contribution in [1.82, 2.24) is 4.90 Å². The molecule has 32 heavy (non-hydrogen) atoms. The van der Waals surface area contributed by atoms with Crippen molar-refractivity contribution in [2.45, 2.75) is 161 Å². The molecule has 1 atom stereocenters. The summed E-state index contributed by atoms with van der Waals surface area (Å²) in [5.41, 5.74) is 5.74. The Labute approximate surface area is 203 Å². The van der Waals surface area contributed by atoms with E-state index >= 15 is 0 Å². The first-order valence-electron chi connectivity index (χ1n) is 14.8. The molecule has 3 nitrogen and oxygen atoms in total. The topological polar surface area (TPSA) is 49.5 Å². The third-order valence-electron chi connectivity index (χ3n) is 6.87. The average Bonchev–Trinajstić information content (AvgIpc) is 2.79. The van der Waals surface area contributed by atoms with Gasteiger partial charge in [0.25, 0.3) is 0 Å². The number of hydrogen-bond acceptors (Lipinski definition) is 3. The fourth-order valence-corrected chi connectivity index (χ4v) is 4.69. The lowest BCUT2D eigenvalue weighted by atomic mass is 10.0. The van der Waals surface area contributed by atoms with Crippen LogP contribution < -0.4 is 5.73 Å². The number of hydrogen-bond donors (Lipinski definition) is 2. The normalized spacial score (nSPS) is 12.7. The maximum atomic E-state index is 10.5. The number of aliphatic hydroxyl groups is 1. The molecule has 0 heterocycles. The van der Waals surface area contributed by atoms with Crippen LogP contribution in [0.25, 0.3) is 0 Å². The average molecular weight is 455 g/mol. The minimum absolute atomic E-state index is 0.162. The molecule has 0 saturated carbocycles. The molecule has 0 amide bonds. The molecule has 0 radical (unpaired) electrons. The van der Waals surface area contributed by atoms with Gasteiger partial charge in [-0.3, -0.25) is 0 Å². The van der Waals surface area contributed by atoms with Crippen molar-refractivity contribution < 1.29 is 5.11 Å². The highest BCUT2D eigenvalue weighted by molar-refractivity contribution is 4.66. The summed E-state index contributed by atoms with van der Waals surface area (Å²) in [4.78, 5) is 2.47. The Kier molecular flexibility index (Phi) is 27.0. The Morgan fingerprint density at radius 1 is 0.531 bits per heavy atom. The van der Waals surface area contributed by atoms with E-state index in [-0.39, 0.29) is 6.10 Å². The largest absolute Gasteiger partial charge is 0.392 e. The van der Waals surface area contributed by atoms with Crippen LogP contribution in [0.15, 0.2) is 0 Å². The third kappa shape index (κ3) is 24.5. The van der Waals surface area contributed by atoms with Gasteiger partial charge in [0.2, 0.25) is 0 Å². The highest BCUT2D eigenvalue weighted by atomic mass is 16.3. The molecule has 0 aliphatic heterocycles. The molecule has 0 aliphatic carbocycles. The van der Waals surface area contributed by atoms with E-state index in [0.717, 1.165) is 39.0 Å². The van der Waals surface area contributed by atoms with Gasteiger partial charge in [0.15, 0.2) is 0 Å². The number of unbranched alkanes of at least 4 members (excludes halogenated alkanes) is 18. The van der Waals surface area contributed by atoms with Gasteiger partial charge in [0, 0.05) is 6.54 Å². The second-order valence-corrected chi connectivity index (χ2v) is 10.2. The minimum Gasteiger partial charge on any atom is -0.392 e. The highest BCUT2D eigenvalue weighted by Gasteiger charge is 2.11. The lowest BCUT2D eigenvalue weighted by Crippen LogP contribution is -2.35. The van der Waals surface area contributed by atoms with Gasteiger partial charge in [0.1, 0.15) is 0 Å². The molecule has 0 fully saturated rings. The number of nitrogens with two attached hydrogens (primary N) is 1. The predicted octanol–water partition coefficient (Wildman–Crippen LogP) is 8.23. The maximum absolute atomic E-state index is 10.5. The second-order valence-electron chi connectivity index (χ2n) is 10.2. The van der Waals surface area contributed by atoms with Gasteiger partial charge in [0.05, 0.1) is 6.10 Å². The van der Waals surface area contributed by atoms with Crippen LogP contribution in [0.2, 0.25) is 0 Å². The fraction of sp³-hybridized carbons (Fsp3) is 1.00. The third-order valence-corrected chi connectivity index (χ3v) is 6.87. The summed E-state index contributed by atoms with van der Waals surface area (Å²) >= 11 is 0. The summed E-state index contributed by atoms with van der Waals surface area (Å²) in [6.45, 7) is 8.34. The lowest BCUT2D eigenvalue weighted by Gasteiger charge is -2.25. The Hall–Kier alpha value is -0.120. The summed E-state index contributed by atoms with van der Waals surface area (Å²) < 4.78 is 0. The van der Waals surface area contributed by atoms with E-state index in [9.17, 15) is 5.11 Å². The van der Waals surface area contributed by atoms with Crippen LogP contribution in [-0.4, -0.2) is 42.3 Å². The van der Waals surface area contributed by atoms with Gasteiger partial charge < -0.3 is 15.7 Å². The Bertz CT molecular complexity index is 337. The molecule has 0 aromatic carbocycles. The van der Waals surface area contributed by atoms with E-state index in [0.29, 0.717) is 0 Å². The molecule has 194 valence electrons. The zero-order chi connectivity index (χ0) is 23.5. The van der Waals surface area contributed by atoms with E-state index in [2.05, 4.69) is 18.7 Å². The Morgan fingerprint density at radius 2 is 0.906 bits per heavy atom.